The van der Waals surface area contributed by atoms with Gasteiger partial charge in [-0.25, -0.2) is 14.2 Å². The molecular formula is C23H25ClFN5O4. The minimum absolute atomic E-state index is 0.164. The molecule has 0 aliphatic carbocycles. The van der Waals surface area contributed by atoms with Crippen molar-refractivity contribution in [3.8, 4) is 11.1 Å². The molecule has 0 bridgehead atoms. The summed E-state index contributed by atoms with van der Waals surface area (Å²) < 4.78 is 20.9. The second-order valence-electron chi connectivity index (χ2n) is 8.59. The lowest BCUT2D eigenvalue weighted by atomic mass is 10.0. The topological polar surface area (TPSA) is 125 Å². The van der Waals surface area contributed by atoms with Crippen molar-refractivity contribution in [3.05, 3.63) is 69.2 Å². The van der Waals surface area contributed by atoms with Gasteiger partial charge < -0.3 is 20.4 Å². The van der Waals surface area contributed by atoms with Crippen LogP contribution in [0.4, 0.5) is 21.7 Å². The number of hydrogen-bond donors (Lipinski definition) is 2. The number of halogens is 2. The Kier molecular flexibility index (Phi) is 7.41. The predicted octanol–water partition coefficient (Wildman–Crippen LogP) is 5.29. The standard InChI is InChI=1S/C23H25ClFN5O4/c1-23(2,3)34-22(31)17-13-29(12-16(17)15-6-5-14(25)11-18(15)24)10-4-9-27-20-8-7-19(30(32)33)21(26)28-20/h5-8,11-13H,4,9-10H2,1-3H3,(H3,26,27,28). The number of aryl methyl sites for hydroxylation is 1. The van der Waals surface area contributed by atoms with Crippen LogP contribution in [0.5, 0.6) is 0 Å². The van der Waals surface area contributed by atoms with Crippen molar-refractivity contribution in [1.29, 1.82) is 0 Å². The molecule has 2 aromatic heterocycles. The number of hydrogen-bond acceptors (Lipinski definition) is 7. The average Bonchev–Trinajstić information content (AvgIpc) is 3.14. The first-order valence-corrected chi connectivity index (χ1v) is 10.9. The molecule has 3 rings (SSSR count). The van der Waals surface area contributed by atoms with E-state index in [9.17, 15) is 19.3 Å². The molecule has 9 nitrogen and oxygen atoms in total. The van der Waals surface area contributed by atoms with Crippen LogP contribution in [0.25, 0.3) is 11.1 Å². The number of aromatic nitrogens is 2. The van der Waals surface area contributed by atoms with Crippen LogP contribution >= 0.6 is 11.6 Å². The number of nitrogen functional groups attached to an aromatic ring is 1. The summed E-state index contributed by atoms with van der Waals surface area (Å²) in [5, 5.41) is 14.1. The third-order valence-corrected chi connectivity index (χ3v) is 5.03. The van der Waals surface area contributed by atoms with Gasteiger partial charge in [0.25, 0.3) is 0 Å². The Morgan fingerprint density at radius 3 is 2.62 bits per heavy atom. The number of carbonyl (C=O) groups excluding carboxylic acids is 1. The Balaban J connectivity index is 1.75. The molecule has 0 radical (unpaired) electrons. The SMILES string of the molecule is CC(C)(C)OC(=O)c1cn(CCCNc2ccc([N+](=O)[O-])c(N)n2)cc1-c1ccc(F)cc1Cl. The quantitative estimate of drug-likeness (QED) is 0.190. The van der Waals surface area contributed by atoms with Gasteiger partial charge in [0.05, 0.1) is 15.5 Å². The first-order valence-electron chi connectivity index (χ1n) is 10.5. The van der Waals surface area contributed by atoms with Crippen molar-refractivity contribution in [1.82, 2.24) is 9.55 Å². The van der Waals surface area contributed by atoms with Crippen LogP contribution in [0.3, 0.4) is 0 Å². The molecule has 11 heteroatoms. The lowest BCUT2D eigenvalue weighted by Gasteiger charge is -2.19. The molecule has 0 unspecified atom stereocenters. The van der Waals surface area contributed by atoms with Crippen LogP contribution in [0.15, 0.2) is 42.7 Å². The molecule has 0 saturated heterocycles. The van der Waals surface area contributed by atoms with Crippen LogP contribution in [0.2, 0.25) is 5.02 Å². The maximum absolute atomic E-state index is 13.5. The molecule has 0 aliphatic rings. The second kappa shape index (κ2) is 10.1. The molecule has 3 aromatic rings. The highest BCUT2D eigenvalue weighted by atomic mass is 35.5. The molecular weight excluding hydrogens is 465 g/mol. The Morgan fingerprint density at radius 1 is 1.26 bits per heavy atom. The number of nitro groups is 1. The van der Waals surface area contributed by atoms with Crippen LogP contribution in [-0.2, 0) is 11.3 Å². The van der Waals surface area contributed by atoms with E-state index in [0.29, 0.717) is 42.0 Å². The maximum atomic E-state index is 13.5. The fourth-order valence-electron chi connectivity index (χ4n) is 3.25. The Labute approximate surface area is 200 Å². The van der Waals surface area contributed by atoms with Gasteiger partial charge in [0.15, 0.2) is 0 Å². The zero-order valence-electron chi connectivity index (χ0n) is 19.0. The number of rotatable bonds is 8. The number of nitrogens with two attached hydrogens (primary N) is 1. The smallest absolute Gasteiger partial charge is 0.340 e. The lowest BCUT2D eigenvalue weighted by molar-refractivity contribution is -0.384. The molecule has 0 fully saturated rings. The fraction of sp³-hybridized carbons (Fsp3) is 0.304. The van der Waals surface area contributed by atoms with E-state index >= 15 is 0 Å². The monoisotopic (exact) mass is 489 g/mol. The van der Waals surface area contributed by atoms with E-state index in [4.69, 9.17) is 22.1 Å². The molecule has 0 atom stereocenters. The van der Waals surface area contributed by atoms with Gasteiger partial charge in [-0.2, -0.15) is 0 Å². The van der Waals surface area contributed by atoms with Gasteiger partial charge in [0, 0.05) is 42.7 Å². The number of pyridine rings is 1. The summed E-state index contributed by atoms with van der Waals surface area (Å²) in [5.41, 5.74) is 6.05. The molecule has 34 heavy (non-hydrogen) atoms. The van der Waals surface area contributed by atoms with Crippen molar-refractivity contribution in [3.63, 3.8) is 0 Å². The largest absolute Gasteiger partial charge is 0.456 e. The highest BCUT2D eigenvalue weighted by Crippen LogP contribution is 2.33. The highest BCUT2D eigenvalue weighted by molar-refractivity contribution is 6.33. The van der Waals surface area contributed by atoms with Crippen LogP contribution in [0, 0.1) is 15.9 Å². The van der Waals surface area contributed by atoms with Gasteiger partial charge in [-0.05, 0) is 51.5 Å². The van der Waals surface area contributed by atoms with Gasteiger partial charge >= 0.3 is 11.7 Å². The first-order chi connectivity index (χ1) is 15.9. The number of nitrogens with zero attached hydrogens (tertiary/aromatic N) is 3. The van der Waals surface area contributed by atoms with Crippen molar-refractivity contribution < 1.29 is 18.8 Å². The van der Waals surface area contributed by atoms with E-state index in [1.54, 1.807) is 33.2 Å². The molecule has 0 saturated carbocycles. The van der Waals surface area contributed by atoms with E-state index in [2.05, 4.69) is 10.3 Å². The molecule has 3 N–H and O–H groups in total. The third-order valence-electron chi connectivity index (χ3n) is 4.72. The van der Waals surface area contributed by atoms with E-state index in [-0.39, 0.29) is 16.5 Å². The number of carbonyl (C=O) groups is 1. The van der Waals surface area contributed by atoms with Crippen LogP contribution in [-0.4, -0.2) is 32.6 Å². The van der Waals surface area contributed by atoms with Gasteiger partial charge in [-0.1, -0.05) is 11.6 Å². The van der Waals surface area contributed by atoms with Crippen LogP contribution in [0.1, 0.15) is 37.6 Å². The van der Waals surface area contributed by atoms with Gasteiger partial charge in [-0.15, -0.1) is 0 Å². The number of anilines is 2. The third kappa shape index (κ3) is 6.22. The Morgan fingerprint density at radius 2 is 2.00 bits per heavy atom. The van der Waals surface area contributed by atoms with Crippen LogP contribution < -0.4 is 11.1 Å². The normalized spacial score (nSPS) is 11.3. The zero-order valence-corrected chi connectivity index (χ0v) is 19.7. The number of esters is 1. The van der Waals surface area contributed by atoms with Crippen molar-refractivity contribution in [2.75, 3.05) is 17.6 Å². The van der Waals surface area contributed by atoms with Crippen molar-refractivity contribution in [2.45, 2.75) is 39.3 Å². The summed E-state index contributed by atoms with van der Waals surface area (Å²) in [6.07, 6.45) is 4.07. The second-order valence-corrected chi connectivity index (χ2v) is 8.99. The summed E-state index contributed by atoms with van der Waals surface area (Å²) in [6, 6.07) is 6.78. The number of benzene rings is 1. The van der Waals surface area contributed by atoms with Gasteiger partial charge in [0.1, 0.15) is 17.2 Å². The summed E-state index contributed by atoms with van der Waals surface area (Å²) in [6.45, 7) is 6.35. The van der Waals surface area contributed by atoms with Gasteiger partial charge in [-0.3, -0.25) is 10.1 Å². The first kappa shape index (κ1) is 25.0. The zero-order chi connectivity index (χ0) is 25.0. The number of nitrogens with one attached hydrogen (secondary N) is 1. The lowest BCUT2D eigenvalue weighted by Crippen LogP contribution is -2.24. The summed E-state index contributed by atoms with van der Waals surface area (Å²) >= 11 is 6.25. The summed E-state index contributed by atoms with van der Waals surface area (Å²) in [4.78, 5) is 27.1. The van der Waals surface area contributed by atoms with E-state index in [1.165, 1.54) is 30.3 Å². The van der Waals surface area contributed by atoms with E-state index in [0.717, 1.165) is 0 Å². The molecule has 0 spiro atoms. The predicted molar refractivity (Wildman–Crippen MR) is 128 cm³/mol. The highest BCUT2D eigenvalue weighted by Gasteiger charge is 2.24. The summed E-state index contributed by atoms with van der Waals surface area (Å²) in [7, 11) is 0. The molecule has 0 amide bonds. The molecule has 1 aromatic carbocycles. The molecule has 0 aliphatic heterocycles. The average molecular weight is 490 g/mol. The van der Waals surface area contributed by atoms with Gasteiger partial charge in [0.2, 0.25) is 5.82 Å². The Hall–Kier alpha value is -3.66. The van der Waals surface area contributed by atoms with Crippen molar-refractivity contribution >= 4 is 34.9 Å². The maximum Gasteiger partial charge on any atom is 0.340 e. The summed E-state index contributed by atoms with van der Waals surface area (Å²) in [5.74, 6) is -0.726. The number of ether oxygens (including phenoxy) is 1. The van der Waals surface area contributed by atoms with Crippen molar-refractivity contribution in [2.24, 2.45) is 0 Å². The minimum atomic E-state index is -0.688. The molecule has 2 heterocycles. The van der Waals surface area contributed by atoms with E-state index in [1.807, 2.05) is 4.57 Å². The Bertz CT molecular complexity index is 1220. The molecule has 180 valence electrons. The minimum Gasteiger partial charge on any atom is -0.456 e. The van der Waals surface area contributed by atoms with E-state index < -0.39 is 22.3 Å². The fourth-order valence-corrected chi connectivity index (χ4v) is 3.52.